The molecule has 3 heteroatoms. The second-order valence-corrected chi connectivity index (χ2v) is 5.39. The van der Waals surface area contributed by atoms with E-state index in [4.69, 9.17) is 10.00 Å². The van der Waals surface area contributed by atoms with Gasteiger partial charge in [-0.25, -0.2) is 0 Å². The van der Waals surface area contributed by atoms with Crippen LogP contribution >= 0.6 is 0 Å². The van der Waals surface area contributed by atoms with Crippen LogP contribution in [0, 0.1) is 24.2 Å². The topological polar surface area (TPSA) is 45.4 Å². The molecule has 2 rings (SSSR count). The average molecular weight is 268 g/mol. The van der Waals surface area contributed by atoms with Crippen molar-refractivity contribution < 1.29 is 4.74 Å². The fraction of sp³-hybridized carbons (Fsp3) is 0.412. The highest BCUT2D eigenvalue weighted by molar-refractivity contribution is 6.02. The third kappa shape index (κ3) is 2.91. The highest BCUT2D eigenvalue weighted by atomic mass is 16.5. The van der Waals surface area contributed by atoms with Crippen LogP contribution < -0.4 is 4.74 Å². The van der Waals surface area contributed by atoms with Gasteiger partial charge in [-0.3, -0.25) is 4.99 Å². The van der Waals surface area contributed by atoms with Gasteiger partial charge in [-0.2, -0.15) is 5.26 Å². The number of rotatable bonds is 4. The van der Waals surface area contributed by atoms with Crippen LogP contribution in [0.5, 0.6) is 5.75 Å². The van der Waals surface area contributed by atoms with Crippen LogP contribution in [0.1, 0.15) is 38.3 Å². The summed E-state index contributed by atoms with van der Waals surface area (Å²) in [5.74, 6) is 1.96. The van der Waals surface area contributed by atoms with Gasteiger partial charge in [0.25, 0.3) is 0 Å². The SMILES string of the molecule is CCC1=C(Oc2cc(C)cc(C#N)c2)C(C(C)C)=NC1. The van der Waals surface area contributed by atoms with Gasteiger partial charge in [-0.15, -0.1) is 0 Å². The zero-order chi connectivity index (χ0) is 14.7. The highest BCUT2D eigenvalue weighted by Crippen LogP contribution is 2.27. The minimum Gasteiger partial charge on any atom is -0.455 e. The molecule has 0 saturated heterocycles. The van der Waals surface area contributed by atoms with E-state index in [1.807, 2.05) is 19.1 Å². The fourth-order valence-corrected chi connectivity index (χ4v) is 2.34. The van der Waals surface area contributed by atoms with Crippen molar-refractivity contribution in [3.8, 4) is 11.8 Å². The Balaban J connectivity index is 2.35. The van der Waals surface area contributed by atoms with Gasteiger partial charge in [0.05, 0.1) is 23.9 Å². The molecule has 0 bridgehead atoms. The first-order valence-electron chi connectivity index (χ1n) is 7.01. The lowest BCUT2D eigenvalue weighted by molar-refractivity contribution is 0.444. The van der Waals surface area contributed by atoms with E-state index in [2.05, 4.69) is 31.8 Å². The Morgan fingerprint density at radius 2 is 2.10 bits per heavy atom. The van der Waals surface area contributed by atoms with Crippen molar-refractivity contribution in [2.24, 2.45) is 10.9 Å². The highest BCUT2D eigenvalue weighted by Gasteiger charge is 2.23. The molecule has 0 spiro atoms. The summed E-state index contributed by atoms with van der Waals surface area (Å²) in [5.41, 5.74) is 3.91. The van der Waals surface area contributed by atoms with E-state index < -0.39 is 0 Å². The quantitative estimate of drug-likeness (QED) is 0.828. The van der Waals surface area contributed by atoms with Crippen molar-refractivity contribution >= 4 is 5.71 Å². The molecule has 1 aromatic rings. The molecule has 104 valence electrons. The number of hydrogen-bond acceptors (Lipinski definition) is 3. The molecular formula is C17H20N2O. The van der Waals surface area contributed by atoms with E-state index in [0.717, 1.165) is 35.7 Å². The molecule has 1 aliphatic heterocycles. The van der Waals surface area contributed by atoms with Crippen molar-refractivity contribution in [2.75, 3.05) is 6.54 Å². The van der Waals surface area contributed by atoms with E-state index in [-0.39, 0.29) is 0 Å². The number of nitrogens with zero attached hydrogens (tertiary/aromatic N) is 2. The number of nitriles is 1. The normalized spacial score (nSPS) is 14.5. The predicted molar refractivity (Wildman–Crippen MR) is 81.0 cm³/mol. The smallest absolute Gasteiger partial charge is 0.149 e. The van der Waals surface area contributed by atoms with Crippen LogP contribution in [-0.4, -0.2) is 12.3 Å². The average Bonchev–Trinajstić information content (AvgIpc) is 2.80. The summed E-state index contributed by atoms with van der Waals surface area (Å²) in [7, 11) is 0. The maximum absolute atomic E-state index is 9.04. The second kappa shape index (κ2) is 5.92. The van der Waals surface area contributed by atoms with Crippen LogP contribution in [-0.2, 0) is 0 Å². The fourth-order valence-electron chi connectivity index (χ4n) is 2.34. The monoisotopic (exact) mass is 268 g/mol. The minimum absolute atomic E-state index is 0.342. The van der Waals surface area contributed by atoms with Crippen molar-refractivity contribution in [3.63, 3.8) is 0 Å². The lowest BCUT2D eigenvalue weighted by atomic mass is 10.0. The van der Waals surface area contributed by atoms with Crippen LogP contribution in [0.25, 0.3) is 0 Å². The van der Waals surface area contributed by atoms with Gasteiger partial charge in [0.1, 0.15) is 11.5 Å². The maximum atomic E-state index is 9.04. The first kappa shape index (κ1) is 14.3. The third-order valence-electron chi connectivity index (χ3n) is 3.37. The van der Waals surface area contributed by atoms with Crippen molar-refractivity contribution in [3.05, 3.63) is 40.7 Å². The Kier molecular flexibility index (Phi) is 4.24. The zero-order valence-electron chi connectivity index (χ0n) is 12.5. The lowest BCUT2D eigenvalue weighted by Crippen LogP contribution is -2.14. The van der Waals surface area contributed by atoms with Gasteiger partial charge in [-0.05, 0) is 48.6 Å². The number of aryl methyl sites for hydroxylation is 1. The lowest BCUT2D eigenvalue weighted by Gasteiger charge is -2.14. The second-order valence-electron chi connectivity index (χ2n) is 5.39. The molecule has 0 atom stereocenters. The third-order valence-corrected chi connectivity index (χ3v) is 3.37. The van der Waals surface area contributed by atoms with Gasteiger partial charge >= 0.3 is 0 Å². The molecular weight excluding hydrogens is 248 g/mol. The largest absolute Gasteiger partial charge is 0.455 e. The van der Waals surface area contributed by atoms with Crippen LogP contribution in [0.4, 0.5) is 0 Å². The molecule has 0 radical (unpaired) electrons. The van der Waals surface area contributed by atoms with E-state index >= 15 is 0 Å². The Morgan fingerprint density at radius 1 is 1.35 bits per heavy atom. The van der Waals surface area contributed by atoms with E-state index in [9.17, 15) is 0 Å². The van der Waals surface area contributed by atoms with E-state index in [1.165, 1.54) is 5.57 Å². The Labute approximate surface area is 120 Å². The molecule has 1 heterocycles. The van der Waals surface area contributed by atoms with E-state index in [1.54, 1.807) is 6.07 Å². The molecule has 0 unspecified atom stereocenters. The first-order valence-corrected chi connectivity index (χ1v) is 7.01. The molecule has 1 aromatic carbocycles. The summed E-state index contributed by atoms with van der Waals surface area (Å²) in [6.07, 6.45) is 0.936. The van der Waals surface area contributed by atoms with Gasteiger partial charge in [0.2, 0.25) is 0 Å². The van der Waals surface area contributed by atoms with Gasteiger partial charge in [-0.1, -0.05) is 20.8 Å². The number of aliphatic imine (C=N–C) groups is 1. The maximum Gasteiger partial charge on any atom is 0.149 e. The van der Waals surface area contributed by atoms with Crippen molar-refractivity contribution in [1.29, 1.82) is 5.26 Å². The molecule has 3 nitrogen and oxygen atoms in total. The summed E-state index contributed by atoms with van der Waals surface area (Å²) >= 11 is 0. The summed E-state index contributed by atoms with van der Waals surface area (Å²) in [4.78, 5) is 4.58. The molecule has 0 saturated carbocycles. The standard InChI is InChI=1S/C17H20N2O/c1-5-14-10-19-16(11(2)3)17(14)20-15-7-12(4)6-13(8-15)9-18/h6-8,11H,5,10H2,1-4H3. The predicted octanol–water partition coefficient (Wildman–Crippen LogP) is 4.02. The molecule has 20 heavy (non-hydrogen) atoms. The number of benzene rings is 1. The number of hydrogen-bond donors (Lipinski definition) is 0. The summed E-state index contributed by atoms with van der Waals surface area (Å²) < 4.78 is 6.07. The van der Waals surface area contributed by atoms with Gasteiger partial charge in [0.15, 0.2) is 0 Å². The summed E-state index contributed by atoms with van der Waals surface area (Å²) in [5, 5.41) is 9.04. The number of ether oxygens (including phenoxy) is 1. The number of allylic oxidation sites excluding steroid dienone is 1. The zero-order valence-corrected chi connectivity index (χ0v) is 12.5. The van der Waals surface area contributed by atoms with Crippen molar-refractivity contribution in [2.45, 2.75) is 34.1 Å². The molecule has 1 aliphatic rings. The van der Waals surface area contributed by atoms with Gasteiger partial charge < -0.3 is 4.74 Å². The van der Waals surface area contributed by atoms with E-state index in [0.29, 0.717) is 11.5 Å². The van der Waals surface area contributed by atoms with Crippen LogP contribution in [0.2, 0.25) is 0 Å². The summed E-state index contributed by atoms with van der Waals surface area (Å²) in [6, 6.07) is 7.76. The Morgan fingerprint density at radius 3 is 2.70 bits per heavy atom. The summed E-state index contributed by atoms with van der Waals surface area (Å²) in [6.45, 7) is 9.06. The molecule has 0 aromatic heterocycles. The molecule has 0 aliphatic carbocycles. The Hall–Kier alpha value is -2.08. The van der Waals surface area contributed by atoms with Crippen LogP contribution in [0.15, 0.2) is 34.5 Å². The molecule has 0 fully saturated rings. The minimum atomic E-state index is 0.342. The van der Waals surface area contributed by atoms with Crippen molar-refractivity contribution in [1.82, 2.24) is 0 Å². The first-order chi connectivity index (χ1) is 9.55. The molecule has 0 N–H and O–H groups in total. The Bertz CT molecular complexity index is 618. The molecule has 0 amide bonds. The van der Waals surface area contributed by atoms with Gasteiger partial charge in [0, 0.05) is 0 Å². The van der Waals surface area contributed by atoms with Crippen LogP contribution in [0.3, 0.4) is 0 Å².